The molecule has 1 saturated carbocycles. The lowest BCUT2D eigenvalue weighted by Gasteiger charge is -2.38. The van der Waals surface area contributed by atoms with Gasteiger partial charge in [0.25, 0.3) is 0 Å². The monoisotopic (exact) mass is 463 g/mol. The van der Waals surface area contributed by atoms with Crippen molar-refractivity contribution in [3.8, 4) is 0 Å². The smallest absolute Gasteiger partial charge is 0.317 e. The predicted octanol–water partition coefficient (Wildman–Crippen LogP) is 4.64. The Morgan fingerprint density at radius 3 is 2.70 bits per heavy atom. The zero-order valence-corrected chi connectivity index (χ0v) is 20.1. The van der Waals surface area contributed by atoms with Crippen LogP contribution in [0.2, 0.25) is 0 Å². The number of carbonyl (C=O) groups excluding carboxylic acids is 1. The lowest BCUT2D eigenvalue weighted by Crippen LogP contribution is -2.51. The van der Waals surface area contributed by atoms with Crippen molar-refractivity contribution in [1.29, 1.82) is 0 Å². The number of piperidine rings is 1. The highest BCUT2D eigenvalue weighted by Crippen LogP contribution is 2.34. The lowest BCUT2D eigenvalue weighted by molar-refractivity contribution is -0.0185. The van der Waals surface area contributed by atoms with Crippen molar-refractivity contribution in [2.75, 3.05) is 40.0 Å². The maximum Gasteiger partial charge on any atom is 0.317 e. The van der Waals surface area contributed by atoms with Gasteiger partial charge in [-0.3, -0.25) is 0 Å². The molecule has 6 nitrogen and oxygen atoms in total. The number of benzene rings is 1. The van der Waals surface area contributed by atoms with Gasteiger partial charge in [0.1, 0.15) is 5.82 Å². The Balaban J connectivity index is 1.61. The zero-order valence-electron chi connectivity index (χ0n) is 20.1. The highest BCUT2D eigenvalue weighted by Gasteiger charge is 2.33. The first kappa shape index (κ1) is 25.9. The number of urea groups is 1. The van der Waals surface area contributed by atoms with Gasteiger partial charge in [-0.15, -0.1) is 0 Å². The summed E-state index contributed by atoms with van der Waals surface area (Å²) in [6, 6.07) is 6.76. The molecule has 1 aromatic carbocycles. The minimum Gasteiger partial charge on any atom is -0.385 e. The Kier molecular flexibility index (Phi) is 10.9. The third kappa shape index (κ3) is 7.94. The molecule has 1 aliphatic heterocycles. The molecule has 7 heteroatoms. The van der Waals surface area contributed by atoms with Gasteiger partial charge in [-0.1, -0.05) is 50.3 Å². The minimum atomic E-state index is -0.383. The van der Waals surface area contributed by atoms with E-state index in [1.807, 2.05) is 11.0 Å². The van der Waals surface area contributed by atoms with Crippen LogP contribution in [0.1, 0.15) is 69.5 Å². The summed E-state index contributed by atoms with van der Waals surface area (Å²) in [5, 5.41) is 3.18. The van der Waals surface area contributed by atoms with Crippen LogP contribution in [-0.2, 0) is 9.47 Å². The Morgan fingerprint density at radius 2 is 1.97 bits per heavy atom. The fraction of sp³-hybridized carbons (Fsp3) is 0.731. The highest BCUT2D eigenvalue weighted by atomic mass is 19.1. The first-order chi connectivity index (χ1) is 16.1. The van der Waals surface area contributed by atoms with E-state index in [1.54, 1.807) is 19.2 Å². The molecule has 1 aromatic rings. The summed E-state index contributed by atoms with van der Waals surface area (Å²) < 4.78 is 26.0. The van der Waals surface area contributed by atoms with E-state index in [-0.39, 0.29) is 29.9 Å². The molecule has 2 fully saturated rings. The number of halogens is 1. The van der Waals surface area contributed by atoms with Gasteiger partial charge in [0, 0.05) is 57.5 Å². The summed E-state index contributed by atoms with van der Waals surface area (Å²) in [4.78, 5) is 15.0. The number of nitrogens with two attached hydrogens (primary N) is 1. The van der Waals surface area contributed by atoms with Crippen molar-refractivity contribution in [2.24, 2.45) is 17.6 Å². The summed E-state index contributed by atoms with van der Waals surface area (Å²) in [6.07, 6.45) is 9.46. The summed E-state index contributed by atoms with van der Waals surface area (Å²) in [6.45, 7) is 2.81. The van der Waals surface area contributed by atoms with Crippen LogP contribution >= 0.6 is 0 Å². The Morgan fingerprint density at radius 1 is 1.18 bits per heavy atom. The van der Waals surface area contributed by atoms with E-state index < -0.39 is 0 Å². The molecule has 1 saturated heterocycles. The standard InChI is InChI=1S/C26H42FN3O3/c1-32-15-8-16-33-25(23-12-5-6-13-24(23)27)21-11-7-14-30(19-21)26(31)29-22(18-28)17-20-9-3-2-4-10-20/h5-6,12-13,20-22,25H,2-4,7-11,14-19,28H2,1H3,(H,29,31)/t21-,22+,25-/m1/s1. The molecule has 0 unspecified atom stereocenters. The number of rotatable bonds is 11. The van der Waals surface area contributed by atoms with Crippen LogP contribution in [0, 0.1) is 17.7 Å². The van der Waals surface area contributed by atoms with E-state index >= 15 is 0 Å². The van der Waals surface area contributed by atoms with Crippen molar-refractivity contribution >= 4 is 6.03 Å². The quantitative estimate of drug-likeness (QED) is 0.469. The number of methoxy groups -OCH3 is 1. The molecule has 2 amide bonds. The Bertz CT molecular complexity index is 714. The predicted molar refractivity (Wildman–Crippen MR) is 128 cm³/mol. The minimum absolute atomic E-state index is 0.00800. The van der Waals surface area contributed by atoms with Crippen LogP contribution in [0.5, 0.6) is 0 Å². The number of likely N-dealkylation sites (tertiary alicyclic amines) is 1. The first-order valence-electron chi connectivity index (χ1n) is 12.7. The molecule has 1 heterocycles. The van der Waals surface area contributed by atoms with Gasteiger partial charge in [-0.2, -0.15) is 0 Å². The zero-order chi connectivity index (χ0) is 23.5. The van der Waals surface area contributed by atoms with Gasteiger partial charge in [0.2, 0.25) is 0 Å². The second kappa shape index (κ2) is 13.9. The lowest BCUT2D eigenvalue weighted by atomic mass is 9.85. The molecule has 3 N–H and O–H groups in total. The third-order valence-corrected chi connectivity index (χ3v) is 7.13. The first-order valence-corrected chi connectivity index (χ1v) is 12.7. The topological polar surface area (TPSA) is 76.8 Å². The van der Waals surface area contributed by atoms with E-state index in [0.717, 1.165) is 25.7 Å². The maximum absolute atomic E-state index is 14.7. The van der Waals surface area contributed by atoms with E-state index in [4.69, 9.17) is 15.2 Å². The second-order valence-corrected chi connectivity index (χ2v) is 9.63. The number of amides is 2. The van der Waals surface area contributed by atoms with E-state index in [0.29, 0.717) is 44.3 Å². The van der Waals surface area contributed by atoms with Crippen LogP contribution in [0.15, 0.2) is 24.3 Å². The van der Waals surface area contributed by atoms with E-state index in [1.165, 1.54) is 38.2 Å². The summed E-state index contributed by atoms with van der Waals surface area (Å²) in [5.41, 5.74) is 6.58. The molecular formula is C26H42FN3O3. The largest absolute Gasteiger partial charge is 0.385 e. The highest BCUT2D eigenvalue weighted by molar-refractivity contribution is 5.74. The molecule has 0 spiro atoms. The second-order valence-electron chi connectivity index (χ2n) is 9.63. The summed E-state index contributed by atoms with van der Waals surface area (Å²) in [7, 11) is 1.66. The van der Waals surface area contributed by atoms with E-state index in [2.05, 4.69) is 5.32 Å². The van der Waals surface area contributed by atoms with Crippen LogP contribution in [0.25, 0.3) is 0 Å². The SMILES string of the molecule is COCCCO[C@@H](c1ccccc1F)[C@@H]1CCCN(C(=O)N[C@H](CN)CC2CCCCC2)C1. The maximum atomic E-state index is 14.7. The molecule has 0 bridgehead atoms. The van der Waals surface area contributed by atoms with Crippen molar-refractivity contribution < 1.29 is 18.7 Å². The fourth-order valence-electron chi connectivity index (χ4n) is 5.35. The summed E-state index contributed by atoms with van der Waals surface area (Å²) >= 11 is 0. The Labute approximate surface area is 198 Å². The van der Waals surface area contributed by atoms with Gasteiger partial charge in [-0.25, -0.2) is 9.18 Å². The number of nitrogens with one attached hydrogen (secondary N) is 1. The molecule has 2 aliphatic rings. The number of ether oxygens (including phenoxy) is 2. The number of nitrogens with zero attached hydrogens (tertiary/aromatic N) is 1. The van der Waals surface area contributed by atoms with Crippen molar-refractivity contribution in [3.05, 3.63) is 35.6 Å². The van der Waals surface area contributed by atoms with Gasteiger partial charge in [-0.05, 0) is 37.7 Å². The van der Waals surface area contributed by atoms with Crippen LogP contribution in [0.4, 0.5) is 9.18 Å². The van der Waals surface area contributed by atoms with E-state index in [9.17, 15) is 9.18 Å². The molecule has 33 heavy (non-hydrogen) atoms. The van der Waals surface area contributed by atoms with Gasteiger partial charge < -0.3 is 25.4 Å². The normalized spacial score (nSPS) is 21.5. The van der Waals surface area contributed by atoms with Crippen LogP contribution in [0.3, 0.4) is 0 Å². The van der Waals surface area contributed by atoms with Gasteiger partial charge >= 0.3 is 6.03 Å². The average molecular weight is 464 g/mol. The van der Waals surface area contributed by atoms with Gasteiger partial charge in [0.15, 0.2) is 0 Å². The Hall–Kier alpha value is -1.70. The molecule has 3 rings (SSSR count). The molecule has 0 aromatic heterocycles. The fourth-order valence-corrected chi connectivity index (χ4v) is 5.35. The molecule has 0 radical (unpaired) electrons. The molecule has 1 aliphatic carbocycles. The van der Waals surface area contributed by atoms with Crippen LogP contribution in [-0.4, -0.2) is 56.9 Å². The van der Waals surface area contributed by atoms with Crippen molar-refractivity contribution in [3.63, 3.8) is 0 Å². The van der Waals surface area contributed by atoms with Gasteiger partial charge in [0.05, 0.1) is 6.10 Å². The van der Waals surface area contributed by atoms with Crippen molar-refractivity contribution in [1.82, 2.24) is 10.2 Å². The van der Waals surface area contributed by atoms with Crippen LogP contribution < -0.4 is 11.1 Å². The molecule has 186 valence electrons. The number of hydrogen-bond acceptors (Lipinski definition) is 4. The number of carbonyl (C=O) groups is 1. The third-order valence-electron chi connectivity index (χ3n) is 7.13. The average Bonchev–Trinajstić information content (AvgIpc) is 2.85. The number of hydrogen-bond donors (Lipinski definition) is 2. The summed E-state index contributed by atoms with van der Waals surface area (Å²) in [5.74, 6) is 0.442. The van der Waals surface area contributed by atoms with Crippen molar-refractivity contribution in [2.45, 2.75) is 69.9 Å². The molecule has 3 atom stereocenters. The molecular weight excluding hydrogens is 421 g/mol.